The number of ether oxygens (including phenoxy) is 3. The highest BCUT2D eigenvalue weighted by molar-refractivity contribution is 6.08. The Labute approximate surface area is 205 Å². The number of aryl methyl sites for hydroxylation is 1. The fraction of sp³-hybridized carbons (Fsp3) is 0.0968. The number of hydrogen-bond acceptors (Lipinski definition) is 4. The van der Waals surface area contributed by atoms with Gasteiger partial charge >= 0.3 is 0 Å². The largest absolute Gasteiger partial charge is 0.458 e. The fourth-order valence-corrected chi connectivity index (χ4v) is 4.75. The summed E-state index contributed by atoms with van der Waals surface area (Å²) in [4.78, 5) is 2.22. The second-order valence-corrected chi connectivity index (χ2v) is 8.77. The summed E-state index contributed by atoms with van der Waals surface area (Å²) in [6, 6.07) is 26.8. The summed E-state index contributed by atoms with van der Waals surface area (Å²) >= 11 is 0. The average Bonchev–Trinajstić information content (AvgIpc) is 3.34. The van der Waals surface area contributed by atoms with Crippen molar-refractivity contribution in [3.8, 4) is 17.2 Å². The minimum atomic E-state index is 0.254. The molecule has 0 bridgehead atoms. The molecule has 0 aromatic heterocycles. The van der Waals surface area contributed by atoms with E-state index in [1.165, 1.54) is 10.8 Å². The van der Waals surface area contributed by atoms with Gasteiger partial charge in [0.05, 0.1) is 0 Å². The number of hydrogen-bond donors (Lipinski definition) is 0. The SMILES string of the molecule is C=C(/C=C1\C=C(c2ccc3c(c2)OCO3)N(C)c2ccc3ccccc3c21)Oc1ccccc1C. The molecule has 0 fully saturated rings. The lowest BCUT2D eigenvalue weighted by atomic mass is 9.90. The van der Waals surface area contributed by atoms with E-state index in [1.807, 2.05) is 49.4 Å². The van der Waals surface area contributed by atoms with Gasteiger partial charge < -0.3 is 19.1 Å². The summed E-state index contributed by atoms with van der Waals surface area (Å²) in [5.41, 5.74) is 6.49. The molecule has 2 heterocycles. The van der Waals surface area contributed by atoms with E-state index in [1.54, 1.807) is 0 Å². The van der Waals surface area contributed by atoms with E-state index >= 15 is 0 Å². The molecule has 0 saturated carbocycles. The molecule has 4 aromatic rings. The highest BCUT2D eigenvalue weighted by Gasteiger charge is 2.25. The lowest BCUT2D eigenvalue weighted by Gasteiger charge is -2.31. The Balaban J connectivity index is 1.50. The maximum atomic E-state index is 6.15. The van der Waals surface area contributed by atoms with E-state index in [-0.39, 0.29) is 6.79 Å². The molecule has 35 heavy (non-hydrogen) atoms. The first-order valence-corrected chi connectivity index (χ1v) is 11.6. The zero-order chi connectivity index (χ0) is 23.9. The van der Waals surface area contributed by atoms with Crippen LogP contribution >= 0.6 is 0 Å². The van der Waals surface area contributed by atoms with Gasteiger partial charge in [-0.3, -0.25) is 0 Å². The van der Waals surface area contributed by atoms with Crippen LogP contribution in [0.1, 0.15) is 16.7 Å². The van der Waals surface area contributed by atoms with E-state index in [2.05, 4.69) is 67.1 Å². The van der Waals surface area contributed by atoms with Gasteiger partial charge in [0, 0.05) is 29.6 Å². The van der Waals surface area contributed by atoms with Gasteiger partial charge in [0.2, 0.25) is 6.79 Å². The standard InChI is InChI=1S/C31H25NO3/c1-20-8-4-7-11-28(20)35-21(2)16-24-17-27(23-13-15-29-30(18-23)34-19-33-29)32(3)26-14-12-22-9-5-6-10-25(22)31(24)26/h4-18H,2,19H2,1,3H3/b24-16+. The van der Waals surface area contributed by atoms with E-state index in [0.29, 0.717) is 5.76 Å². The van der Waals surface area contributed by atoms with Crippen LogP contribution in [0.5, 0.6) is 17.2 Å². The molecule has 4 nitrogen and oxygen atoms in total. The van der Waals surface area contributed by atoms with Crippen LogP contribution in [0, 0.1) is 6.92 Å². The molecule has 0 spiro atoms. The lowest BCUT2D eigenvalue weighted by Crippen LogP contribution is -2.20. The van der Waals surface area contributed by atoms with Crippen LogP contribution in [0.15, 0.2) is 103 Å². The van der Waals surface area contributed by atoms with Crippen molar-refractivity contribution < 1.29 is 14.2 Å². The molecule has 0 aliphatic carbocycles. The second-order valence-electron chi connectivity index (χ2n) is 8.77. The maximum absolute atomic E-state index is 6.15. The van der Waals surface area contributed by atoms with Gasteiger partial charge in [0.1, 0.15) is 11.5 Å². The summed E-state index contributed by atoms with van der Waals surface area (Å²) in [6.45, 7) is 6.51. The highest BCUT2D eigenvalue weighted by Crippen LogP contribution is 2.44. The first-order chi connectivity index (χ1) is 17.1. The molecule has 0 atom stereocenters. The van der Waals surface area contributed by atoms with Crippen LogP contribution in [-0.2, 0) is 0 Å². The summed E-state index contributed by atoms with van der Waals surface area (Å²) in [5, 5.41) is 2.38. The second kappa shape index (κ2) is 8.41. The quantitative estimate of drug-likeness (QED) is 0.299. The third-order valence-electron chi connectivity index (χ3n) is 6.53. The normalized spacial score (nSPS) is 15.2. The van der Waals surface area contributed by atoms with Crippen molar-refractivity contribution in [2.24, 2.45) is 0 Å². The summed E-state index contributed by atoms with van der Waals surface area (Å²) in [6.07, 6.45) is 4.22. The third-order valence-corrected chi connectivity index (χ3v) is 6.53. The van der Waals surface area contributed by atoms with Crippen molar-refractivity contribution in [1.29, 1.82) is 0 Å². The number of rotatable bonds is 4. The van der Waals surface area contributed by atoms with Crippen molar-refractivity contribution >= 4 is 27.7 Å². The molecule has 6 rings (SSSR count). The van der Waals surface area contributed by atoms with Crippen molar-refractivity contribution in [2.45, 2.75) is 6.92 Å². The topological polar surface area (TPSA) is 30.9 Å². The number of allylic oxidation sites excluding steroid dienone is 3. The van der Waals surface area contributed by atoms with Crippen LogP contribution in [0.2, 0.25) is 0 Å². The lowest BCUT2D eigenvalue weighted by molar-refractivity contribution is 0.174. The first kappa shape index (κ1) is 21.1. The van der Waals surface area contributed by atoms with Crippen molar-refractivity contribution in [1.82, 2.24) is 0 Å². The smallest absolute Gasteiger partial charge is 0.231 e. The molecule has 172 valence electrons. The maximum Gasteiger partial charge on any atom is 0.231 e. The minimum absolute atomic E-state index is 0.254. The molecule has 2 aliphatic rings. The molecule has 0 unspecified atom stereocenters. The molecule has 2 aliphatic heterocycles. The van der Waals surface area contributed by atoms with E-state index < -0.39 is 0 Å². The Kier molecular flexibility index (Phi) is 5.07. The van der Waals surface area contributed by atoms with Crippen molar-refractivity contribution in [2.75, 3.05) is 18.7 Å². The van der Waals surface area contributed by atoms with Gasteiger partial charge in [0.15, 0.2) is 11.5 Å². The number of para-hydroxylation sites is 1. The Morgan fingerprint density at radius 1 is 0.943 bits per heavy atom. The summed E-state index contributed by atoms with van der Waals surface area (Å²) < 4.78 is 17.3. The van der Waals surface area contributed by atoms with Crippen LogP contribution in [0.4, 0.5) is 5.69 Å². The summed E-state index contributed by atoms with van der Waals surface area (Å²) in [7, 11) is 2.10. The Morgan fingerprint density at radius 3 is 2.63 bits per heavy atom. The zero-order valence-electron chi connectivity index (χ0n) is 19.7. The highest BCUT2D eigenvalue weighted by atomic mass is 16.7. The molecule has 4 aromatic carbocycles. The third kappa shape index (κ3) is 3.73. The predicted molar refractivity (Wildman–Crippen MR) is 142 cm³/mol. The van der Waals surface area contributed by atoms with Crippen LogP contribution in [0.25, 0.3) is 22.0 Å². The molecular weight excluding hydrogens is 434 g/mol. The van der Waals surface area contributed by atoms with E-state index in [0.717, 1.165) is 50.9 Å². The molecule has 0 saturated heterocycles. The monoisotopic (exact) mass is 459 g/mol. The van der Waals surface area contributed by atoms with Gasteiger partial charge in [-0.25, -0.2) is 0 Å². The predicted octanol–water partition coefficient (Wildman–Crippen LogP) is 7.34. The first-order valence-electron chi connectivity index (χ1n) is 11.6. The zero-order valence-corrected chi connectivity index (χ0v) is 19.7. The Morgan fingerprint density at radius 2 is 1.74 bits per heavy atom. The van der Waals surface area contributed by atoms with E-state index in [4.69, 9.17) is 14.2 Å². The fourth-order valence-electron chi connectivity index (χ4n) is 4.75. The molecular formula is C31H25NO3. The Hall–Kier alpha value is -4.44. The molecule has 0 N–H and O–H groups in total. The number of nitrogens with zero attached hydrogens (tertiary/aromatic N) is 1. The number of benzene rings is 4. The molecule has 4 heteroatoms. The minimum Gasteiger partial charge on any atom is -0.458 e. The van der Waals surface area contributed by atoms with Gasteiger partial charge in [-0.2, -0.15) is 0 Å². The number of fused-ring (bicyclic) bond motifs is 4. The van der Waals surface area contributed by atoms with Crippen LogP contribution in [0.3, 0.4) is 0 Å². The Bertz CT molecular complexity index is 1550. The van der Waals surface area contributed by atoms with Crippen molar-refractivity contribution in [3.05, 3.63) is 120 Å². The summed E-state index contributed by atoms with van der Waals surface area (Å²) in [5.74, 6) is 2.92. The average molecular weight is 460 g/mol. The van der Waals surface area contributed by atoms with Crippen LogP contribution < -0.4 is 19.1 Å². The molecule has 0 amide bonds. The van der Waals surface area contributed by atoms with Crippen molar-refractivity contribution in [3.63, 3.8) is 0 Å². The van der Waals surface area contributed by atoms with Gasteiger partial charge in [-0.1, -0.05) is 55.1 Å². The van der Waals surface area contributed by atoms with Gasteiger partial charge in [-0.15, -0.1) is 0 Å². The van der Waals surface area contributed by atoms with E-state index in [9.17, 15) is 0 Å². The van der Waals surface area contributed by atoms with Gasteiger partial charge in [0.25, 0.3) is 0 Å². The number of anilines is 1. The van der Waals surface area contributed by atoms with Crippen LogP contribution in [-0.4, -0.2) is 13.8 Å². The molecule has 0 radical (unpaired) electrons. The van der Waals surface area contributed by atoms with Gasteiger partial charge in [-0.05, 0) is 71.3 Å².